The maximum atomic E-state index is 12.8. The van der Waals surface area contributed by atoms with Gasteiger partial charge in [0.05, 0.1) is 6.26 Å². The number of imidazole rings is 1. The number of nitrogens with one attached hydrogen (secondary N) is 2. The molecule has 1 amide bonds. The Labute approximate surface area is 193 Å². The smallest absolute Gasteiger partial charge is 0.251 e. The number of pyridine rings is 1. The number of anilines is 1. The number of nitrogens with two attached hydrogens (primary N) is 1. The lowest BCUT2D eigenvalue weighted by molar-refractivity contribution is 0.0951. The van der Waals surface area contributed by atoms with Crippen LogP contribution in [-0.4, -0.2) is 21.3 Å². The second-order valence-corrected chi connectivity index (χ2v) is 8.62. The van der Waals surface area contributed by atoms with E-state index in [-0.39, 0.29) is 5.91 Å². The van der Waals surface area contributed by atoms with Crippen LogP contribution in [0.5, 0.6) is 0 Å². The summed E-state index contributed by atoms with van der Waals surface area (Å²) in [4.78, 5) is 17.7. The molecule has 0 spiro atoms. The summed E-state index contributed by atoms with van der Waals surface area (Å²) in [6, 6.07) is 15.8. The summed E-state index contributed by atoms with van der Waals surface area (Å²) in [5.74, 6) is 1.49. The van der Waals surface area contributed by atoms with Gasteiger partial charge in [0.1, 0.15) is 17.2 Å². The van der Waals surface area contributed by atoms with Gasteiger partial charge in [0.15, 0.2) is 5.76 Å². The summed E-state index contributed by atoms with van der Waals surface area (Å²) >= 11 is 0. The second-order valence-electron chi connectivity index (χ2n) is 8.62. The average molecular weight is 444 g/mol. The molecule has 1 aliphatic rings. The predicted octanol–water partition coefficient (Wildman–Crippen LogP) is 4.73. The topological polar surface area (TPSA) is 97.6 Å². The number of aromatic nitrogens is 2. The van der Waals surface area contributed by atoms with E-state index in [1.54, 1.807) is 6.26 Å². The first-order valence-corrected chi connectivity index (χ1v) is 11.6. The van der Waals surface area contributed by atoms with Gasteiger partial charge in [-0.3, -0.25) is 9.20 Å². The molecule has 0 aliphatic heterocycles. The monoisotopic (exact) mass is 443 g/mol. The molecule has 1 aromatic carbocycles. The minimum atomic E-state index is -0.139. The molecule has 0 radical (unpaired) electrons. The molecule has 1 fully saturated rings. The van der Waals surface area contributed by atoms with Gasteiger partial charge in [-0.25, -0.2) is 4.98 Å². The highest BCUT2D eigenvalue weighted by Gasteiger charge is 2.21. The van der Waals surface area contributed by atoms with Crippen molar-refractivity contribution in [3.8, 4) is 11.5 Å². The fraction of sp³-hybridized carbons (Fsp3) is 0.308. The Hall–Kier alpha value is -3.58. The number of rotatable bonds is 7. The van der Waals surface area contributed by atoms with E-state index in [0.717, 1.165) is 35.5 Å². The summed E-state index contributed by atoms with van der Waals surface area (Å²) in [5.41, 5.74) is 9.82. The van der Waals surface area contributed by atoms with Crippen LogP contribution in [0.2, 0.25) is 0 Å². The van der Waals surface area contributed by atoms with Gasteiger partial charge in [0, 0.05) is 30.9 Å². The summed E-state index contributed by atoms with van der Waals surface area (Å²) < 4.78 is 7.67. The van der Waals surface area contributed by atoms with E-state index in [9.17, 15) is 4.79 Å². The molecule has 5 rings (SSSR count). The molecule has 4 aromatic rings. The fourth-order valence-corrected chi connectivity index (χ4v) is 4.50. The van der Waals surface area contributed by atoms with Gasteiger partial charge >= 0.3 is 0 Å². The summed E-state index contributed by atoms with van der Waals surface area (Å²) in [7, 11) is 0. The molecule has 3 aromatic heterocycles. The zero-order valence-corrected chi connectivity index (χ0v) is 18.6. The Morgan fingerprint density at radius 1 is 1.09 bits per heavy atom. The molecule has 7 heteroatoms. The van der Waals surface area contributed by atoms with E-state index in [1.165, 1.54) is 19.3 Å². The SMILES string of the molecule is NCc1cccc(CNC(=O)c2ccn3c(NC4CCCCC4)c(-c4ccco4)nc3c2)c1. The van der Waals surface area contributed by atoms with Crippen LogP contribution in [-0.2, 0) is 13.1 Å². The lowest BCUT2D eigenvalue weighted by Gasteiger charge is -2.24. The number of nitrogens with zero attached hydrogens (tertiary/aromatic N) is 2. The van der Waals surface area contributed by atoms with Crippen LogP contribution in [0, 0.1) is 0 Å². The third-order valence-corrected chi connectivity index (χ3v) is 6.27. The number of hydrogen-bond donors (Lipinski definition) is 3. The van der Waals surface area contributed by atoms with Crippen LogP contribution in [0.25, 0.3) is 17.1 Å². The number of fused-ring (bicyclic) bond motifs is 1. The number of hydrogen-bond acceptors (Lipinski definition) is 5. The molecule has 7 nitrogen and oxygen atoms in total. The van der Waals surface area contributed by atoms with Crippen LogP contribution >= 0.6 is 0 Å². The molecule has 0 atom stereocenters. The van der Waals surface area contributed by atoms with E-state index in [4.69, 9.17) is 15.1 Å². The van der Waals surface area contributed by atoms with Crippen molar-refractivity contribution in [2.75, 3.05) is 5.32 Å². The summed E-state index contributed by atoms with van der Waals surface area (Å²) in [6.07, 6.45) is 9.64. The molecule has 1 aliphatic carbocycles. The molecule has 0 saturated heterocycles. The maximum absolute atomic E-state index is 12.8. The molecule has 0 unspecified atom stereocenters. The minimum absolute atomic E-state index is 0.139. The number of benzene rings is 1. The van der Waals surface area contributed by atoms with Crippen molar-refractivity contribution in [2.24, 2.45) is 5.73 Å². The highest BCUT2D eigenvalue weighted by molar-refractivity contribution is 5.95. The van der Waals surface area contributed by atoms with E-state index in [1.807, 2.05) is 59.1 Å². The second kappa shape index (κ2) is 9.50. The normalized spacial score (nSPS) is 14.5. The van der Waals surface area contributed by atoms with Crippen molar-refractivity contribution in [2.45, 2.75) is 51.2 Å². The Morgan fingerprint density at radius 3 is 2.73 bits per heavy atom. The first-order valence-electron chi connectivity index (χ1n) is 11.6. The van der Waals surface area contributed by atoms with Gasteiger partial charge < -0.3 is 20.8 Å². The Bertz CT molecular complexity index is 1240. The molecule has 3 heterocycles. The third-order valence-electron chi connectivity index (χ3n) is 6.27. The van der Waals surface area contributed by atoms with Crippen LogP contribution in [0.3, 0.4) is 0 Å². The van der Waals surface area contributed by atoms with Gasteiger partial charge in [0.25, 0.3) is 5.91 Å². The third kappa shape index (κ3) is 4.64. The van der Waals surface area contributed by atoms with Crippen molar-refractivity contribution in [1.29, 1.82) is 0 Å². The van der Waals surface area contributed by atoms with E-state index in [0.29, 0.717) is 36.1 Å². The van der Waals surface area contributed by atoms with Gasteiger partial charge in [-0.2, -0.15) is 0 Å². The van der Waals surface area contributed by atoms with Gasteiger partial charge in [-0.05, 0) is 48.2 Å². The van der Waals surface area contributed by atoms with Crippen molar-refractivity contribution in [3.63, 3.8) is 0 Å². The molecule has 0 bridgehead atoms. The Kier molecular flexibility index (Phi) is 6.13. The first kappa shape index (κ1) is 21.3. The zero-order chi connectivity index (χ0) is 22.6. The highest BCUT2D eigenvalue weighted by atomic mass is 16.3. The number of carbonyl (C=O) groups is 1. The standard InChI is InChI=1S/C26H29N5O2/c27-16-18-6-4-7-19(14-18)17-28-26(32)20-11-12-31-23(15-20)30-24(22-10-5-13-33-22)25(31)29-21-8-2-1-3-9-21/h4-7,10-15,21,29H,1-3,8-9,16-17,27H2,(H,28,32). The molecular formula is C26H29N5O2. The van der Waals surface area contributed by atoms with Crippen molar-refractivity contribution < 1.29 is 9.21 Å². The number of amides is 1. The molecule has 4 N–H and O–H groups in total. The van der Waals surface area contributed by atoms with Crippen molar-refractivity contribution >= 4 is 17.4 Å². The lowest BCUT2D eigenvalue weighted by Crippen LogP contribution is -2.24. The van der Waals surface area contributed by atoms with Gasteiger partial charge in [-0.15, -0.1) is 0 Å². The van der Waals surface area contributed by atoms with Crippen molar-refractivity contribution in [3.05, 3.63) is 77.7 Å². The Morgan fingerprint density at radius 2 is 1.94 bits per heavy atom. The van der Waals surface area contributed by atoms with E-state index < -0.39 is 0 Å². The fourth-order valence-electron chi connectivity index (χ4n) is 4.50. The van der Waals surface area contributed by atoms with Crippen LogP contribution in [0.15, 0.2) is 65.4 Å². The predicted molar refractivity (Wildman–Crippen MR) is 129 cm³/mol. The Balaban J connectivity index is 1.40. The van der Waals surface area contributed by atoms with Crippen LogP contribution in [0.1, 0.15) is 53.6 Å². The quantitative estimate of drug-likeness (QED) is 0.384. The molecule has 1 saturated carbocycles. The lowest BCUT2D eigenvalue weighted by atomic mass is 9.95. The van der Waals surface area contributed by atoms with E-state index in [2.05, 4.69) is 10.6 Å². The summed E-state index contributed by atoms with van der Waals surface area (Å²) in [5, 5.41) is 6.69. The van der Waals surface area contributed by atoms with Crippen molar-refractivity contribution in [1.82, 2.24) is 14.7 Å². The number of furan rings is 1. The zero-order valence-electron chi connectivity index (χ0n) is 18.6. The largest absolute Gasteiger partial charge is 0.463 e. The average Bonchev–Trinajstić information content (AvgIpc) is 3.51. The van der Waals surface area contributed by atoms with E-state index >= 15 is 0 Å². The van der Waals surface area contributed by atoms with Crippen LogP contribution < -0.4 is 16.4 Å². The van der Waals surface area contributed by atoms with Gasteiger partial charge in [-0.1, -0.05) is 43.5 Å². The molecule has 33 heavy (non-hydrogen) atoms. The minimum Gasteiger partial charge on any atom is -0.463 e. The molecule has 170 valence electrons. The first-order chi connectivity index (χ1) is 16.2. The summed E-state index contributed by atoms with van der Waals surface area (Å²) in [6.45, 7) is 0.923. The van der Waals surface area contributed by atoms with Crippen LogP contribution in [0.4, 0.5) is 5.82 Å². The number of carbonyl (C=O) groups excluding carboxylic acids is 1. The maximum Gasteiger partial charge on any atom is 0.251 e. The molecular weight excluding hydrogens is 414 g/mol. The highest BCUT2D eigenvalue weighted by Crippen LogP contribution is 2.32. The van der Waals surface area contributed by atoms with Gasteiger partial charge in [0.2, 0.25) is 0 Å².